The number of aromatic nitrogens is 3. The Morgan fingerprint density at radius 3 is 2.58 bits per heavy atom. The standard InChI is InChI=1S/C24H22N4O3/c1-14-6-8-17(9-7-14)22-26-19-11-10-18(13-20(19)27-22)24(30)31-16(3)23(29)28-21-15(2)5-4-12-25-21/h4-13,16H,1-3H3,(H,26,27)(H,25,28,29). The van der Waals surface area contributed by atoms with E-state index in [0.717, 1.165) is 22.5 Å². The third-order valence-electron chi connectivity index (χ3n) is 4.95. The van der Waals surface area contributed by atoms with Gasteiger partial charge in [0.1, 0.15) is 11.6 Å². The fourth-order valence-corrected chi connectivity index (χ4v) is 3.10. The molecule has 2 heterocycles. The molecular weight excluding hydrogens is 392 g/mol. The van der Waals surface area contributed by atoms with Crippen molar-refractivity contribution in [1.29, 1.82) is 0 Å². The van der Waals surface area contributed by atoms with E-state index in [9.17, 15) is 9.59 Å². The highest BCUT2D eigenvalue weighted by Gasteiger charge is 2.20. The smallest absolute Gasteiger partial charge is 0.338 e. The largest absolute Gasteiger partial charge is 0.449 e. The number of esters is 1. The lowest BCUT2D eigenvalue weighted by atomic mass is 10.1. The van der Waals surface area contributed by atoms with E-state index in [2.05, 4.69) is 20.3 Å². The number of aromatic amines is 1. The van der Waals surface area contributed by atoms with Crippen LogP contribution in [0, 0.1) is 13.8 Å². The first-order valence-electron chi connectivity index (χ1n) is 9.91. The Labute approximate surface area is 179 Å². The summed E-state index contributed by atoms with van der Waals surface area (Å²) in [6.07, 6.45) is 0.610. The van der Waals surface area contributed by atoms with Crippen LogP contribution in [0.2, 0.25) is 0 Å². The number of benzene rings is 2. The first kappa shape index (κ1) is 20.3. The van der Waals surface area contributed by atoms with Crippen molar-refractivity contribution in [3.63, 3.8) is 0 Å². The number of fused-ring (bicyclic) bond motifs is 1. The maximum absolute atomic E-state index is 12.6. The SMILES string of the molecule is Cc1ccc(-c2nc3ccc(C(=O)OC(C)C(=O)Nc4ncccc4C)cc3[nH]2)cc1. The molecule has 4 aromatic rings. The normalized spacial score (nSPS) is 11.8. The molecule has 1 atom stereocenters. The van der Waals surface area contributed by atoms with Crippen LogP contribution in [0.4, 0.5) is 5.82 Å². The van der Waals surface area contributed by atoms with E-state index in [1.165, 1.54) is 12.5 Å². The Kier molecular flexibility index (Phi) is 5.49. The summed E-state index contributed by atoms with van der Waals surface area (Å²) >= 11 is 0. The molecular formula is C24H22N4O3. The van der Waals surface area contributed by atoms with Gasteiger partial charge in [0.25, 0.3) is 5.91 Å². The molecule has 156 valence electrons. The zero-order chi connectivity index (χ0) is 22.0. The first-order chi connectivity index (χ1) is 14.9. The number of carbonyl (C=O) groups excluding carboxylic acids is 2. The van der Waals surface area contributed by atoms with Gasteiger partial charge in [0, 0.05) is 11.8 Å². The minimum atomic E-state index is -0.977. The van der Waals surface area contributed by atoms with Gasteiger partial charge in [0.15, 0.2) is 6.10 Å². The van der Waals surface area contributed by atoms with E-state index in [-0.39, 0.29) is 0 Å². The summed E-state index contributed by atoms with van der Waals surface area (Å²) in [5.41, 5.74) is 4.74. The second kappa shape index (κ2) is 8.39. The van der Waals surface area contributed by atoms with Crippen molar-refractivity contribution in [3.8, 4) is 11.4 Å². The highest BCUT2D eigenvalue weighted by molar-refractivity contribution is 5.98. The Hall–Kier alpha value is -4.00. The topological polar surface area (TPSA) is 97.0 Å². The molecule has 0 aliphatic carbocycles. The quantitative estimate of drug-likeness (QED) is 0.471. The minimum Gasteiger partial charge on any atom is -0.449 e. The Balaban J connectivity index is 1.47. The van der Waals surface area contributed by atoms with E-state index in [4.69, 9.17) is 4.74 Å². The van der Waals surface area contributed by atoms with Gasteiger partial charge in [-0.15, -0.1) is 0 Å². The van der Waals surface area contributed by atoms with E-state index < -0.39 is 18.0 Å². The Morgan fingerprint density at radius 1 is 1.06 bits per heavy atom. The van der Waals surface area contributed by atoms with Gasteiger partial charge in [0.2, 0.25) is 0 Å². The maximum atomic E-state index is 12.6. The van der Waals surface area contributed by atoms with Crippen LogP contribution >= 0.6 is 0 Å². The zero-order valence-corrected chi connectivity index (χ0v) is 17.5. The summed E-state index contributed by atoms with van der Waals surface area (Å²) in [6.45, 7) is 5.39. The number of H-pyrrole nitrogens is 1. The molecule has 1 amide bonds. The van der Waals surface area contributed by atoms with Crippen LogP contribution in [0.15, 0.2) is 60.8 Å². The molecule has 0 saturated heterocycles. The van der Waals surface area contributed by atoms with Crippen LogP contribution in [0.5, 0.6) is 0 Å². The number of amides is 1. The predicted molar refractivity (Wildman–Crippen MR) is 119 cm³/mol. The summed E-state index contributed by atoms with van der Waals surface area (Å²) < 4.78 is 5.35. The molecule has 0 bridgehead atoms. The minimum absolute atomic E-state index is 0.334. The lowest BCUT2D eigenvalue weighted by Gasteiger charge is -2.14. The van der Waals surface area contributed by atoms with Gasteiger partial charge in [0.05, 0.1) is 16.6 Å². The molecule has 31 heavy (non-hydrogen) atoms. The first-order valence-corrected chi connectivity index (χ1v) is 9.91. The molecule has 0 spiro atoms. The fraction of sp³-hybridized carbons (Fsp3) is 0.167. The maximum Gasteiger partial charge on any atom is 0.338 e. The van der Waals surface area contributed by atoms with Gasteiger partial charge in [-0.25, -0.2) is 14.8 Å². The summed E-state index contributed by atoms with van der Waals surface area (Å²) in [5.74, 6) is 0.130. The molecule has 7 heteroatoms. The number of ether oxygens (including phenoxy) is 1. The van der Waals surface area contributed by atoms with Crippen LogP contribution in [-0.4, -0.2) is 32.9 Å². The summed E-state index contributed by atoms with van der Waals surface area (Å²) in [6, 6.07) is 16.7. The summed E-state index contributed by atoms with van der Waals surface area (Å²) in [4.78, 5) is 36.9. The third-order valence-corrected chi connectivity index (χ3v) is 4.95. The number of anilines is 1. The van der Waals surface area contributed by atoms with Crippen molar-refractivity contribution >= 4 is 28.7 Å². The predicted octanol–water partition coefficient (Wildman–Crippen LogP) is 4.43. The average molecular weight is 414 g/mol. The van der Waals surface area contributed by atoms with Crippen LogP contribution in [0.25, 0.3) is 22.4 Å². The van der Waals surface area contributed by atoms with Gasteiger partial charge in [-0.3, -0.25) is 4.79 Å². The highest BCUT2D eigenvalue weighted by atomic mass is 16.5. The van der Waals surface area contributed by atoms with E-state index in [1.54, 1.807) is 30.5 Å². The van der Waals surface area contributed by atoms with Crippen molar-refractivity contribution in [2.24, 2.45) is 0 Å². The highest BCUT2D eigenvalue weighted by Crippen LogP contribution is 2.22. The average Bonchev–Trinajstić information content (AvgIpc) is 3.19. The number of hydrogen-bond acceptors (Lipinski definition) is 5. The molecule has 2 aromatic heterocycles. The van der Waals surface area contributed by atoms with Gasteiger partial charge < -0.3 is 15.0 Å². The number of aryl methyl sites for hydroxylation is 2. The summed E-state index contributed by atoms with van der Waals surface area (Å²) in [5, 5.41) is 2.68. The lowest BCUT2D eigenvalue weighted by molar-refractivity contribution is -0.123. The Morgan fingerprint density at radius 2 is 1.84 bits per heavy atom. The van der Waals surface area contributed by atoms with Crippen LogP contribution in [-0.2, 0) is 9.53 Å². The fourth-order valence-electron chi connectivity index (χ4n) is 3.10. The number of imidazole rings is 1. The number of nitrogens with zero attached hydrogens (tertiary/aromatic N) is 2. The molecule has 0 fully saturated rings. The Bertz CT molecular complexity index is 1260. The van der Waals surface area contributed by atoms with Gasteiger partial charge in [-0.05, 0) is 50.6 Å². The van der Waals surface area contributed by atoms with Gasteiger partial charge >= 0.3 is 5.97 Å². The molecule has 0 aliphatic rings. The second-order valence-electron chi connectivity index (χ2n) is 7.39. The molecule has 0 aliphatic heterocycles. The summed E-state index contributed by atoms with van der Waals surface area (Å²) in [7, 11) is 0. The monoisotopic (exact) mass is 414 g/mol. The van der Waals surface area contributed by atoms with Crippen molar-refractivity contribution in [3.05, 3.63) is 77.5 Å². The molecule has 1 unspecified atom stereocenters. The third kappa shape index (κ3) is 4.45. The number of carbonyl (C=O) groups is 2. The van der Waals surface area contributed by atoms with Crippen molar-refractivity contribution in [2.45, 2.75) is 26.9 Å². The van der Waals surface area contributed by atoms with Crippen molar-refractivity contribution < 1.29 is 14.3 Å². The van der Waals surface area contributed by atoms with E-state index >= 15 is 0 Å². The molecule has 2 aromatic carbocycles. The van der Waals surface area contributed by atoms with Gasteiger partial charge in [-0.1, -0.05) is 35.9 Å². The number of nitrogens with one attached hydrogen (secondary N) is 2. The lowest BCUT2D eigenvalue weighted by Crippen LogP contribution is -2.30. The number of rotatable bonds is 5. The van der Waals surface area contributed by atoms with E-state index in [0.29, 0.717) is 16.9 Å². The molecule has 2 N–H and O–H groups in total. The number of pyridine rings is 1. The van der Waals surface area contributed by atoms with Crippen LogP contribution in [0.1, 0.15) is 28.4 Å². The van der Waals surface area contributed by atoms with Crippen molar-refractivity contribution in [2.75, 3.05) is 5.32 Å². The van der Waals surface area contributed by atoms with Crippen LogP contribution in [0.3, 0.4) is 0 Å². The van der Waals surface area contributed by atoms with Crippen LogP contribution < -0.4 is 5.32 Å². The zero-order valence-electron chi connectivity index (χ0n) is 17.5. The number of hydrogen-bond donors (Lipinski definition) is 2. The molecule has 4 rings (SSSR count). The van der Waals surface area contributed by atoms with Crippen molar-refractivity contribution in [1.82, 2.24) is 15.0 Å². The second-order valence-corrected chi connectivity index (χ2v) is 7.39. The molecule has 7 nitrogen and oxygen atoms in total. The van der Waals surface area contributed by atoms with Gasteiger partial charge in [-0.2, -0.15) is 0 Å². The molecule has 0 saturated carbocycles. The van der Waals surface area contributed by atoms with E-state index in [1.807, 2.05) is 44.2 Å². The molecule has 0 radical (unpaired) electrons.